The van der Waals surface area contributed by atoms with Gasteiger partial charge in [0.05, 0.1) is 17.4 Å². The van der Waals surface area contributed by atoms with E-state index < -0.39 is 11.6 Å². The van der Waals surface area contributed by atoms with E-state index in [1.54, 1.807) is 0 Å². The van der Waals surface area contributed by atoms with Gasteiger partial charge in [0.25, 0.3) is 0 Å². The molecular formula is C21H18F2N6. The molecule has 4 heterocycles. The van der Waals surface area contributed by atoms with E-state index in [1.165, 1.54) is 12.4 Å². The fourth-order valence-corrected chi connectivity index (χ4v) is 3.99. The summed E-state index contributed by atoms with van der Waals surface area (Å²) in [4.78, 5) is 15.2. The van der Waals surface area contributed by atoms with Gasteiger partial charge in [-0.1, -0.05) is 0 Å². The Morgan fingerprint density at radius 3 is 2.62 bits per heavy atom. The average molecular weight is 392 g/mol. The van der Waals surface area contributed by atoms with Gasteiger partial charge < -0.3 is 4.90 Å². The molecule has 0 fully saturated rings. The van der Waals surface area contributed by atoms with Crippen LogP contribution in [0.2, 0.25) is 0 Å². The molecule has 0 atom stereocenters. The molecule has 6 nitrogen and oxygen atoms in total. The number of pyridine rings is 1. The fourth-order valence-electron chi connectivity index (χ4n) is 3.99. The minimum Gasteiger partial charge on any atom is -0.351 e. The Morgan fingerprint density at radius 1 is 1.00 bits per heavy atom. The summed E-state index contributed by atoms with van der Waals surface area (Å²) in [5.41, 5.74) is 5.63. The minimum atomic E-state index is -0.911. The lowest BCUT2D eigenvalue weighted by atomic mass is 10.0. The number of hydrogen-bond acceptors (Lipinski definition) is 5. The van der Waals surface area contributed by atoms with Crippen LogP contribution in [0.1, 0.15) is 16.8 Å². The molecule has 146 valence electrons. The normalized spacial score (nSPS) is 13.7. The lowest BCUT2D eigenvalue weighted by Crippen LogP contribution is -2.32. The lowest BCUT2D eigenvalue weighted by Gasteiger charge is -2.30. The van der Waals surface area contributed by atoms with Crippen molar-refractivity contribution >= 4 is 16.7 Å². The summed E-state index contributed by atoms with van der Waals surface area (Å²) >= 11 is 0. The first kappa shape index (κ1) is 17.7. The second-order valence-electron chi connectivity index (χ2n) is 7.28. The Balaban J connectivity index is 1.55. The second-order valence-corrected chi connectivity index (χ2v) is 7.28. The molecule has 0 saturated carbocycles. The van der Waals surface area contributed by atoms with E-state index in [9.17, 15) is 8.78 Å². The smallest absolute Gasteiger partial charge is 0.161 e. The van der Waals surface area contributed by atoms with Crippen molar-refractivity contribution in [2.24, 2.45) is 7.05 Å². The molecule has 0 amide bonds. The van der Waals surface area contributed by atoms with Crippen LogP contribution >= 0.6 is 0 Å². The summed E-state index contributed by atoms with van der Waals surface area (Å²) in [6, 6.07) is 4.41. The van der Waals surface area contributed by atoms with Crippen LogP contribution < -0.4 is 4.90 Å². The molecule has 0 saturated heterocycles. The van der Waals surface area contributed by atoms with Crippen molar-refractivity contribution in [1.29, 1.82) is 0 Å². The molecule has 1 aromatic carbocycles. The van der Waals surface area contributed by atoms with E-state index in [-0.39, 0.29) is 0 Å². The molecule has 0 unspecified atom stereocenters. The van der Waals surface area contributed by atoms with Crippen LogP contribution in [0.3, 0.4) is 0 Å². The Hall–Kier alpha value is -3.42. The van der Waals surface area contributed by atoms with Crippen LogP contribution in [0, 0.1) is 18.6 Å². The second kappa shape index (κ2) is 6.58. The highest BCUT2D eigenvalue weighted by Gasteiger charge is 2.22. The number of benzene rings is 1. The van der Waals surface area contributed by atoms with Crippen LogP contribution in [0.4, 0.5) is 14.6 Å². The number of aryl methyl sites for hydroxylation is 2. The molecule has 0 aliphatic carbocycles. The van der Waals surface area contributed by atoms with Gasteiger partial charge in [0.1, 0.15) is 12.1 Å². The molecule has 5 rings (SSSR count). The zero-order valence-electron chi connectivity index (χ0n) is 16.0. The lowest BCUT2D eigenvalue weighted by molar-refractivity contribution is 0.510. The van der Waals surface area contributed by atoms with Gasteiger partial charge in [0.2, 0.25) is 0 Å². The predicted molar refractivity (Wildman–Crippen MR) is 105 cm³/mol. The maximum absolute atomic E-state index is 13.9. The van der Waals surface area contributed by atoms with Gasteiger partial charge in [-0.15, -0.1) is 0 Å². The molecule has 1 aliphatic heterocycles. The summed E-state index contributed by atoms with van der Waals surface area (Å²) in [7, 11) is 1.91. The zero-order chi connectivity index (χ0) is 20.1. The number of fused-ring (bicyclic) bond motifs is 2. The summed E-state index contributed by atoms with van der Waals surface area (Å²) in [5, 5.41) is 4.81. The highest BCUT2D eigenvalue weighted by Crippen LogP contribution is 2.31. The molecule has 0 spiro atoms. The van der Waals surface area contributed by atoms with Gasteiger partial charge in [-0.3, -0.25) is 9.67 Å². The Kier molecular flexibility index (Phi) is 4.01. The molecule has 3 aromatic heterocycles. The summed E-state index contributed by atoms with van der Waals surface area (Å²) in [5.74, 6) is -1.21. The topological polar surface area (TPSA) is 59.7 Å². The summed E-state index contributed by atoms with van der Waals surface area (Å²) in [6.45, 7) is 3.29. The minimum absolute atomic E-state index is 0.386. The largest absolute Gasteiger partial charge is 0.351 e. The van der Waals surface area contributed by atoms with Crippen molar-refractivity contribution in [2.45, 2.75) is 19.9 Å². The van der Waals surface area contributed by atoms with E-state index in [4.69, 9.17) is 0 Å². The third-order valence-corrected chi connectivity index (χ3v) is 5.39. The van der Waals surface area contributed by atoms with E-state index in [0.717, 1.165) is 40.6 Å². The average Bonchev–Trinajstić information content (AvgIpc) is 3.06. The highest BCUT2D eigenvalue weighted by atomic mass is 19.2. The van der Waals surface area contributed by atoms with Crippen molar-refractivity contribution in [3.63, 3.8) is 0 Å². The molecule has 8 heteroatoms. The summed E-state index contributed by atoms with van der Waals surface area (Å²) < 4.78 is 29.3. The van der Waals surface area contributed by atoms with E-state index in [0.29, 0.717) is 29.8 Å². The summed E-state index contributed by atoms with van der Waals surface area (Å²) in [6.07, 6.45) is 5.85. The van der Waals surface area contributed by atoms with Crippen molar-refractivity contribution in [3.8, 4) is 11.3 Å². The van der Waals surface area contributed by atoms with E-state index in [2.05, 4.69) is 31.0 Å². The number of anilines is 1. The standard InChI is InChI=1S/C21H18F2N6/c1-12-8-27-28(2)20(12)13-5-14-10-29(4-3-18(14)24-9-13)21-15-6-16(22)17(23)7-19(15)25-11-26-21/h5-9,11H,3-4,10H2,1-2H3. The Labute approximate surface area is 165 Å². The SMILES string of the molecule is Cc1cnn(C)c1-c1cnc2c(c1)CN(c1ncnc3cc(F)c(F)cc13)CC2. The van der Waals surface area contributed by atoms with Gasteiger partial charge in [-0.05, 0) is 30.2 Å². The number of halogens is 2. The number of aromatic nitrogens is 5. The number of hydrogen-bond donors (Lipinski definition) is 0. The quantitative estimate of drug-likeness (QED) is 0.522. The van der Waals surface area contributed by atoms with Crippen LogP contribution in [-0.4, -0.2) is 31.3 Å². The van der Waals surface area contributed by atoms with Crippen LogP contribution in [-0.2, 0) is 20.0 Å². The Morgan fingerprint density at radius 2 is 1.83 bits per heavy atom. The fraction of sp³-hybridized carbons (Fsp3) is 0.238. The molecule has 4 aromatic rings. The first-order valence-corrected chi connectivity index (χ1v) is 9.32. The molecule has 0 bridgehead atoms. The van der Waals surface area contributed by atoms with Gasteiger partial charge in [0.15, 0.2) is 11.6 Å². The molecule has 0 radical (unpaired) electrons. The van der Waals surface area contributed by atoms with Gasteiger partial charge in [0, 0.05) is 55.5 Å². The first-order valence-electron chi connectivity index (χ1n) is 9.32. The maximum atomic E-state index is 13.9. The van der Waals surface area contributed by atoms with Crippen molar-refractivity contribution in [3.05, 3.63) is 65.4 Å². The van der Waals surface area contributed by atoms with E-state index >= 15 is 0 Å². The van der Waals surface area contributed by atoms with Crippen LogP contribution in [0.15, 0.2) is 36.9 Å². The number of rotatable bonds is 2. The molecule has 0 N–H and O–H groups in total. The maximum Gasteiger partial charge on any atom is 0.161 e. The third-order valence-electron chi connectivity index (χ3n) is 5.39. The van der Waals surface area contributed by atoms with Crippen LogP contribution in [0.25, 0.3) is 22.2 Å². The zero-order valence-corrected chi connectivity index (χ0v) is 16.0. The first-order chi connectivity index (χ1) is 14.0. The molecule has 1 aliphatic rings. The van der Waals surface area contributed by atoms with Gasteiger partial charge >= 0.3 is 0 Å². The Bertz CT molecular complexity index is 1230. The number of nitrogens with zero attached hydrogens (tertiary/aromatic N) is 6. The van der Waals surface area contributed by atoms with Crippen LogP contribution in [0.5, 0.6) is 0 Å². The molecule has 29 heavy (non-hydrogen) atoms. The van der Waals surface area contributed by atoms with Crippen molar-refractivity contribution in [1.82, 2.24) is 24.7 Å². The molecular weight excluding hydrogens is 374 g/mol. The van der Waals surface area contributed by atoms with Gasteiger partial charge in [-0.25, -0.2) is 18.7 Å². The third kappa shape index (κ3) is 2.91. The highest BCUT2D eigenvalue weighted by molar-refractivity contribution is 5.89. The van der Waals surface area contributed by atoms with E-state index in [1.807, 2.05) is 31.0 Å². The monoisotopic (exact) mass is 392 g/mol. The van der Waals surface area contributed by atoms with Crippen molar-refractivity contribution < 1.29 is 8.78 Å². The van der Waals surface area contributed by atoms with Crippen molar-refractivity contribution in [2.75, 3.05) is 11.4 Å². The predicted octanol–water partition coefficient (Wildman–Crippen LogP) is 3.57. The van der Waals surface area contributed by atoms with Gasteiger partial charge in [-0.2, -0.15) is 5.10 Å².